The number of alkyl halides is 3. The zero-order valence-electron chi connectivity index (χ0n) is 15.0. The van der Waals surface area contributed by atoms with Gasteiger partial charge in [0.25, 0.3) is 0 Å². The Morgan fingerprint density at radius 3 is 2.30 bits per heavy atom. The van der Waals surface area contributed by atoms with Crippen LogP contribution in [-0.2, 0) is 11.0 Å². The van der Waals surface area contributed by atoms with E-state index in [4.69, 9.17) is 0 Å². The van der Waals surface area contributed by atoms with E-state index in [0.717, 1.165) is 28.6 Å². The highest BCUT2D eigenvalue weighted by Gasteiger charge is 2.32. The smallest absolute Gasteiger partial charge is 0.383 e. The first-order chi connectivity index (χ1) is 12.6. The van der Waals surface area contributed by atoms with E-state index in [1.807, 2.05) is 24.3 Å². The van der Waals surface area contributed by atoms with E-state index >= 15 is 0 Å². The second-order valence-corrected chi connectivity index (χ2v) is 7.15. The highest BCUT2D eigenvalue weighted by Crippen LogP contribution is 2.36. The number of para-hydroxylation sites is 1. The van der Waals surface area contributed by atoms with Gasteiger partial charge in [0.2, 0.25) is 0 Å². The standard InChI is InChI=1S/C21H20F3NO2/c1-20(2,27)19(26)11-16(13-7-9-14(10-8-13)21(22,23)24)17-12-25-18-6-4-3-5-15(17)18/h3-10,12,16,25,27H,11H2,1-2H3/t16-/m1/s1. The number of aromatic nitrogens is 1. The Bertz CT molecular complexity index is 950. The van der Waals surface area contributed by atoms with Gasteiger partial charge in [-0.1, -0.05) is 30.3 Å². The molecular weight excluding hydrogens is 355 g/mol. The zero-order chi connectivity index (χ0) is 19.8. The predicted octanol–water partition coefficient (Wildman–Crippen LogP) is 5.05. The molecule has 0 aliphatic heterocycles. The van der Waals surface area contributed by atoms with Crippen molar-refractivity contribution in [2.75, 3.05) is 0 Å². The second-order valence-electron chi connectivity index (χ2n) is 7.15. The molecule has 6 heteroatoms. The van der Waals surface area contributed by atoms with E-state index < -0.39 is 23.3 Å². The summed E-state index contributed by atoms with van der Waals surface area (Å²) in [6.45, 7) is 2.82. The third kappa shape index (κ3) is 4.06. The fourth-order valence-electron chi connectivity index (χ4n) is 3.13. The lowest BCUT2D eigenvalue weighted by molar-refractivity contribution is -0.137. The van der Waals surface area contributed by atoms with Crippen molar-refractivity contribution in [1.29, 1.82) is 0 Å². The molecule has 27 heavy (non-hydrogen) atoms. The molecule has 0 bridgehead atoms. The third-order valence-corrected chi connectivity index (χ3v) is 4.71. The van der Waals surface area contributed by atoms with E-state index in [-0.39, 0.29) is 12.2 Å². The molecule has 1 heterocycles. The number of ketones is 1. The maximum Gasteiger partial charge on any atom is 0.416 e. The lowest BCUT2D eigenvalue weighted by Gasteiger charge is -2.22. The number of hydrogen-bond acceptors (Lipinski definition) is 2. The minimum Gasteiger partial charge on any atom is -0.383 e. The molecule has 2 aromatic carbocycles. The van der Waals surface area contributed by atoms with Crippen LogP contribution in [0.2, 0.25) is 0 Å². The fraction of sp³-hybridized carbons (Fsp3) is 0.286. The molecule has 0 radical (unpaired) electrons. The van der Waals surface area contributed by atoms with Crippen LogP contribution < -0.4 is 0 Å². The Kier molecular flexibility index (Phi) is 4.86. The maximum atomic E-state index is 12.9. The molecule has 0 aliphatic rings. The molecule has 2 N–H and O–H groups in total. The van der Waals surface area contributed by atoms with Gasteiger partial charge in [-0.3, -0.25) is 4.79 Å². The first-order valence-corrected chi connectivity index (χ1v) is 8.56. The average Bonchev–Trinajstić information content (AvgIpc) is 3.02. The summed E-state index contributed by atoms with van der Waals surface area (Å²) >= 11 is 0. The number of aromatic amines is 1. The topological polar surface area (TPSA) is 53.1 Å². The number of aliphatic hydroxyl groups is 1. The largest absolute Gasteiger partial charge is 0.416 e. The molecule has 1 aromatic heterocycles. The summed E-state index contributed by atoms with van der Waals surface area (Å²) in [5.74, 6) is -0.847. The Morgan fingerprint density at radius 2 is 1.70 bits per heavy atom. The predicted molar refractivity (Wildman–Crippen MR) is 97.5 cm³/mol. The van der Waals surface area contributed by atoms with E-state index in [0.29, 0.717) is 5.56 Å². The number of halogens is 3. The highest BCUT2D eigenvalue weighted by molar-refractivity contribution is 5.89. The van der Waals surface area contributed by atoms with E-state index in [9.17, 15) is 23.1 Å². The molecule has 142 valence electrons. The number of nitrogens with one attached hydrogen (secondary N) is 1. The molecule has 3 aromatic rings. The Morgan fingerprint density at radius 1 is 1.07 bits per heavy atom. The van der Waals surface area contributed by atoms with Crippen molar-refractivity contribution >= 4 is 16.7 Å². The summed E-state index contributed by atoms with van der Waals surface area (Å²) < 4.78 is 38.6. The van der Waals surface area contributed by atoms with Crippen molar-refractivity contribution in [3.8, 4) is 0 Å². The number of H-pyrrole nitrogens is 1. The number of fused-ring (bicyclic) bond motifs is 1. The molecule has 3 nitrogen and oxygen atoms in total. The number of carbonyl (C=O) groups excluding carboxylic acids is 1. The summed E-state index contributed by atoms with van der Waals surface area (Å²) in [4.78, 5) is 15.6. The molecule has 1 atom stereocenters. The van der Waals surface area contributed by atoms with Crippen LogP contribution in [0.25, 0.3) is 10.9 Å². The highest BCUT2D eigenvalue weighted by atomic mass is 19.4. The van der Waals surface area contributed by atoms with Crippen LogP contribution in [0.5, 0.6) is 0 Å². The molecule has 3 rings (SSSR count). The van der Waals surface area contributed by atoms with Crippen LogP contribution in [0.1, 0.15) is 42.9 Å². The van der Waals surface area contributed by atoms with Crippen LogP contribution in [0.4, 0.5) is 13.2 Å². The molecule has 0 spiro atoms. The molecular formula is C21H20F3NO2. The molecule has 0 unspecified atom stereocenters. The Labute approximate surface area is 154 Å². The van der Waals surface area contributed by atoms with Crippen molar-refractivity contribution in [2.45, 2.75) is 38.0 Å². The Hall–Kier alpha value is -2.60. The molecule has 0 fully saturated rings. The van der Waals surface area contributed by atoms with Gasteiger partial charge in [-0.2, -0.15) is 13.2 Å². The van der Waals surface area contributed by atoms with Crippen molar-refractivity contribution < 1.29 is 23.1 Å². The van der Waals surface area contributed by atoms with E-state index in [1.165, 1.54) is 26.0 Å². The lowest BCUT2D eigenvalue weighted by Crippen LogP contribution is -2.32. The van der Waals surface area contributed by atoms with Crippen LogP contribution in [0.15, 0.2) is 54.7 Å². The summed E-state index contributed by atoms with van der Waals surface area (Å²) in [7, 11) is 0. The van der Waals surface area contributed by atoms with Crippen molar-refractivity contribution in [2.24, 2.45) is 0 Å². The lowest BCUT2D eigenvalue weighted by atomic mass is 9.83. The first kappa shape index (κ1) is 19.2. The second kappa shape index (κ2) is 6.85. The van der Waals surface area contributed by atoms with E-state index in [1.54, 1.807) is 6.20 Å². The number of Topliss-reactive ketones (excluding diaryl/α,β-unsaturated/α-hetero) is 1. The van der Waals surface area contributed by atoms with Gasteiger partial charge in [0.15, 0.2) is 5.78 Å². The van der Waals surface area contributed by atoms with Crippen molar-refractivity contribution in [3.05, 3.63) is 71.4 Å². The minimum absolute atomic E-state index is 0.0172. The number of benzene rings is 2. The van der Waals surface area contributed by atoms with Crippen LogP contribution >= 0.6 is 0 Å². The Balaban J connectivity index is 2.06. The van der Waals surface area contributed by atoms with Crippen molar-refractivity contribution in [3.63, 3.8) is 0 Å². The quantitative estimate of drug-likeness (QED) is 0.656. The summed E-state index contributed by atoms with van der Waals surface area (Å²) in [5.41, 5.74) is 0.0159. The van der Waals surface area contributed by atoms with Crippen LogP contribution in [0, 0.1) is 0 Å². The molecule has 0 amide bonds. The first-order valence-electron chi connectivity index (χ1n) is 8.56. The average molecular weight is 375 g/mol. The third-order valence-electron chi connectivity index (χ3n) is 4.71. The van der Waals surface area contributed by atoms with Gasteiger partial charge in [0, 0.05) is 29.4 Å². The molecule has 0 aliphatic carbocycles. The van der Waals surface area contributed by atoms with Gasteiger partial charge in [0.1, 0.15) is 5.60 Å². The number of rotatable bonds is 5. The summed E-state index contributed by atoms with van der Waals surface area (Å²) in [5, 5.41) is 10.9. The number of carbonyl (C=O) groups is 1. The van der Waals surface area contributed by atoms with Gasteiger partial charge in [0.05, 0.1) is 5.56 Å². The van der Waals surface area contributed by atoms with Gasteiger partial charge in [-0.05, 0) is 43.2 Å². The van der Waals surface area contributed by atoms with Gasteiger partial charge in [-0.25, -0.2) is 0 Å². The monoisotopic (exact) mass is 375 g/mol. The van der Waals surface area contributed by atoms with Crippen LogP contribution in [0.3, 0.4) is 0 Å². The molecule has 0 saturated heterocycles. The SMILES string of the molecule is CC(C)(O)C(=O)C[C@H](c1ccc(C(F)(F)F)cc1)c1c[nH]c2ccccc12. The van der Waals surface area contributed by atoms with Gasteiger partial charge < -0.3 is 10.1 Å². The minimum atomic E-state index is -4.42. The maximum absolute atomic E-state index is 12.9. The molecule has 0 saturated carbocycles. The van der Waals surface area contributed by atoms with Crippen LogP contribution in [-0.4, -0.2) is 21.5 Å². The zero-order valence-corrected chi connectivity index (χ0v) is 15.0. The summed E-state index contributed by atoms with van der Waals surface area (Å²) in [6.07, 6.45) is -2.67. The van der Waals surface area contributed by atoms with E-state index in [2.05, 4.69) is 4.98 Å². The van der Waals surface area contributed by atoms with Gasteiger partial charge >= 0.3 is 6.18 Å². The van der Waals surface area contributed by atoms with Crippen molar-refractivity contribution in [1.82, 2.24) is 4.98 Å². The normalized spacial score (nSPS) is 13.7. The fourth-order valence-corrected chi connectivity index (χ4v) is 3.13. The number of hydrogen-bond donors (Lipinski definition) is 2. The summed E-state index contributed by atoms with van der Waals surface area (Å²) in [6, 6.07) is 12.4. The van der Waals surface area contributed by atoms with Gasteiger partial charge in [-0.15, -0.1) is 0 Å².